The van der Waals surface area contributed by atoms with Crippen LogP contribution in [0, 0.1) is 11.3 Å². The van der Waals surface area contributed by atoms with Gasteiger partial charge in [-0.2, -0.15) is 5.26 Å². The summed E-state index contributed by atoms with van der Waals surface area (Å²) in [7, 11) is 0. The Morgan fingerprint density at radius 1 is 1.14 bits per heavy atom. The van der Waals surface area contributed by atoms with E-state index in [-0.39, 0.29) is 11.7 Å². The Hall–Kier alpha value is -1.76. The molecule has 142 valence electrons. The molecule has 1 amide bonds. The number of hydrogen-bond acceptors (Lipinski definition) is 7. The molecule has 1 N–H and O–H groups in total. The highest BCUT2D eigenvalue weighted by atomic mass is 35.5. The molecule has 0 radical (unpaired) electrons. The van der Waals surface area contributed by atoms with E-state index < -0.39 is 0 Å². The first-order chi connectivity index (χ1) is 13.5. The quantitative estimate of drug-likeness (QED) is 0.353. The van der Waals surface area contributed by atoms with Crippen molar-refractivity contribution >= 4 is 69.1 Å². The van der Waals surface area contributed by atoms with E-state index >= 15 is 0 Å². The molecule has 0 fully saturated rings. The molecule has 0 atom stereocenters. The summed E-state index contributed by atoms with van der Waals surface area (Å²) in [5.41, 5.74) is 1.71. The minimum atomic E-state index is -0.194. The lowest BCUT2D eigenvalue weighted by Crippen LogP contribution is -2.13. The molecule has 0 saturated carbocycles. The molecule has 3 rings (SSSR count). The van der Waals surface area contributed by atoms with Crippen molar-refractivity contribution in [3.8, 4) is 6.07 Å². The largest absolute Gasteiger partial charge is 0.300 e. The van der Waals surface area contributed by atoms with Crippen molar-refractivity contribution < 1.29 is 4.79 Å². The smallest absolute Gasteiger partial charge is 0.236 e. The summed E-state index contributed by atoms with van der Waals surface area (Å²) in [6.45, 7) is 0. The van der Waals surface area contributed by atoms with Crippen LogP contribution in [0.1, 0.15) is 11.1 Å². The number of carbonyl (C=O) groups is 1. The van der Waals surface area contributed by atoms with Crippen molar-refractivity contribution in [2.45, 2.75) is 15.0 Å². The molecule has 0 saturated heterocycles. The molecule has 1 aromatic heterocycles. The van der Waals surface area contributed by atoms with Gasteiger partial charge in [0.15, 0.2) is 4.34 Å². The molecule has 1 heterocycles. The standard InChI is InChI=1S/C18H12Cl2N4OS3/c19-13-5-6-14(20)15(7-13)26-10-16(25)22-17-23-24-18(28-17)27-9-12-3-1-11(8-21)2-4-12/h1-7H,9-10H2,(H,22,23,25). The van der Waals surface area contributed by atoms with Crippen molar-refractivity contribution in [1.29, 1.82) is 5.26 Å². The second-order valence-corrected chi connectivity index (χ2v) is 9.44. The van der Waals surface area contributed by atoms with Gasteiger partial charge in [0.25, 0.3) is 0 Å². The fourth-order valence-corrected chi connectivity index (χ4v) is 5.04. The lowest BCUT2D eigenvalue weighted by molar-refractivity contribution is -0.113. The van der Waals surface area contributed by atoms with Gasteiger partial charge in [0, 0.05) is 15.7 Å². The minimum absolute atomic E-state index is 0.188. The van der Waals surface area contributed by atoms with Gasteiger partial charge in [-0.1, -0.05) is 58.4 Å². The zero-order chi connectivity index (χ0) is 19.9. The van der Waals surface area contributed by atoms with E-state index in [4.69, 9.17) is 28.5 Å². The fourth-order valence-electron chi connectivity index (χ4n) is 2.03. The summed E-state index contributed by atoms with van der Waals surface area (Å²) >= 11 is 16.2. The second-order valence-electron chi connectivity index (χ2n) is 5.38. The molecule has 0 bridgehead atoms. The Balaban J connectivity index is 1.48. The van der Waals surface area contributed by atoms with Gasteiger partial charge < -0.3 is 0 Å². The molecule has 0 aliphatic heterocycles. The van der Waals surface area contributed by atoms with E-state index in [0.29, 0.717) is 26.5 Å². The van der Waals surface area contributed by atoms with E-state index in [0.717, 1.165) is 14.8 Å². The van der Waals surface area contributed by atoms with Crippen LogP contribution in [0.4, 0.5) is 5.13 Å². The monoisotopic (exact) mass is 466 g/mol. The van der Waals surface area contributed by atoms with Gasteiger partial charge in [0.1, 0.15) is 0 Å². The lowest BCUT2D eigenvalue weighted by Gasteiger charge is -2.04. The highest BCUT2D eigenvalue weighted by Crippen LogP contribution is 2.31. The summed E-state index contributed by atoms with van der Waals surface area (Å²) < 4.78 is 0.755. The molecule has 0 aliphatic rings. The van der Waals surface area contributed by atoms with Gasteiger partial charge in [-0.15, -0.1) is 22.0 Å². The number of nitrogens with zero attached hydrogens (tertiary/aromatic N) is 3. The highest BCUT2D eigenvalue weighted by molar-refractivity contribution is 8.00. The maximum absolute atomic E-state index is 12.1. The summed E-state index contributed by atoms with van der Waals surface area (Å²) in [4.78, 5) is 12.9. The predicted octanol–water partition coefficient (Wildman–Crippen LogP) is 5.74. The maximum Gasteiger partial charge on any atom is 0.236 e. The molecule has 2 aromatic carbocycles. The van der Waals surface area contributed by atoms with Gasteiger partial charge >= 0.3 is 0 Å². The van der Waals surface area contributed by atoms with Crippen LogP contribution in [-0.4, -0.2) is 21.9 Å². The van der Waals surface area contributed by atoms with Crippen molar-refractivity contribution in [2.24, 2.45) is 0 Å². The van der Waals surface area contributed by atoms with Crippen LogP contribution in [0.25, 0.3) is 0 Å². The number of hydrogen-bond donors (Lipinski definition) is 1. The van der Waals surface area contributed by atoms with Crippen LogP contribution in [0.3, 0.4) is 0 Å². The van der Waals surface area contributed by atoms with Gasteiger partial charge in [0.2, 0.25) is 11.0 Å². The molecular weight excluding hydrogens is 455 g/mol. The second kappa shape index (κ2) is 10.1. The summed E-state index contributed by atoms with van der Waals surface area (Å²) in [5, 5.41) is 21.2. The number of rotatable bonds is 7. The number of amides is 1. The number of benzene rings is 2. The topological polar surface area (TPSA) is 78.7 Å². The SMILES string of the molecule is N#Cc1ccc(CSc2nnc(NC(=O)CSc3cc(Cl)ccc3Cl)s2)cc1. The van der Waals surface area contributed by atoms with Crippen LogP contribution in [0.5, 0.6) is 0 Å². The number of carbonyl (C=O) groups excluding carboxylic acids is 1. The third kappa shape index (κ3) is 6.12. The zero-order valence-corrected chi connectivity index (χ0v) is 18.1. The van der Waals surface area contributed by atoms with Crippen LogP contribution in [0.2, 0.25) is 10.0 Å². The first-order valence-corrected chi connectivity index (χ1v) is 11.4. The molecule has 3 aromatic rings. The molecule has 10 heteroatoms. The van der Waals surface area contributed by atoms with E-state index in [1.54, 1.807) is 30.3 Å². The van der Waals surface area contributed by atoms with E-state index in [9.17, 15) is 4.79 Å². The summed E-state index contributed by atoms with van der Waals surface area (Å²) in [5.74, 6) is 0.700. The average molecular weight is 467 g/mol. The molecule has 5 nitrogen and oxygen atoms in total. The van der Waals surface area contributed by atoms with Crippen LogP contribution in [0.15, 0.2) is 51.7 Å². The molecule has 0 unspecified atom stereocenters. The van der Waals surface area contributed by atoms with E-state index in [2.05, 4.69) is 21.6 Å². The maximum atomic E-state index is 12.1. The van der Waals surface area contributed by atoms with Crippen LogP contribution in [-0.2, 0) is 10.5 Å². The number of nitrogens with one attached hydrogen (secondary N) is 1. The third-order valence-corrected chi connectivity index (χ3v) is 7.13. The number of nitriles is 1. The molecule has 0 spiro atoms. The summed E-state index contributed by atoms with van der Waals surface area (Å²) in [6, 6.07) is 14.6. The first kappa shape index (κ1) is 21.0. The van der Waals surface area contributed by atoms with Crippen molar-refractivity contribution in [1.82, 2.24) is 10.2 Å². The average Bonchev–Trinajstić information content (AvgIpc) is 3.14. The predicted molar refractivity (Wildman–Crippen MR) is 116 cm³/mol. The minimum Gasteiger partial charge on any atom is -0.300 e. The highest BCUT2D eigenvalue weighted by Gasteiger charge is 2.11. The number of aromatic nitrogens is 2. The van der Waals surface area contributed by atoms with Crippen molar-refractivity contribution in [3.05, 3.63) is 63.6 Å². The van der Waals surface area contributed by atoms with Crippen LogP contribution < -0.4 is 5.32 Å². The zero-order valence-electron chi connectivity index (χ0n) is 14.2. The van der Waals surface area contributed by atoms with E-state index in [1.807, 2.05) is 12.1 Å². The summed E-state index contributed by atoms with van der Waals surface area (Å²) in [6.07, 6.45) is 0. The Kier molecular flexibility index (Phi) is 7.59. The Morgan fingerprint density at radius 3 is 2.68 bits per heavy atom. The fraction of sp³-hybridized carbons (Fsp3) is 0.111. The molecule has 0 aliphatic carbocycles. The van der Waals surface area contributed by atoms with Crippen molar-refractivity contribution in [2.75, 3.05) is 11.1 Å². The molecular formula is C18H12Cl2N4OS3. The Bertz CT molecular complexity index is 1020. The first-order valence-electron chi connectivity index (χ1n) is 7.86. The number of halogens is 2. The normalized spacial score (nSPS) is 10.5. The number of anilines is 1. The van der Waals surface area contributed by atoms with Gasteiger partial charge in [-0.05, 0) is 35.9 Å². The molecule has 28 heavy (non-hydrogen) atoms. The number of thioether (sulfide) groups is 2. The Morgan fingerprint density at radius 2 is 1.93 bits per heavy atom. The van der Waals surface area contributed by atoms with E-state index in [1.165, 1.54) is 34.9 Å². The Labute approximate surface area is 184 Å². The van der Waals surface area contributed by atoms with Crippen molar-refractivity contribution in [3.63, 3.8) is 0 Å². The van der Waals surface area contributed by atoms with Gasteiger partial charge in [0.05, 0.1) is 22.4 Å². The third-order valence-electron chi connectivity index (χ3n) is 3.35. The van der Waals surface area contributed by atoms with Crippen LogP contribution >= 0.6 is 58.1 Å². The van der Waals surface area contributed by atoms with Gasteiger partial charge in [-0.25, -0.2) is 0 Å². The lowest BCUT2D eigenvalue weighted by atomic mass is 10.2. The van der Waals surface area contributed by atoms with Gasteiger partial charge in [-0.3, -0.25) is 10.1 Å².